The Bertz CT molecular complexity index is 565. The van der Waals surface area contributed by atoms with Gasteiger partial charge < -0.3 is 4.90 Å². The van der Waals surface area contributed by atoms with Crippen LogP contribution in [-0.2, 0) is 6.42 Å². The normalized spacial score (nSPS) is 21.3. The van der Waals surface area contributed by atoms with Gasteiger partial charge in [0, 0.05) is 12.0 Å². The number of rotatable bonds is 2. The van der Waals surface area contributed by atoms with Gasteiger partial charge in [0.05, 0.1) is 0 Å². The molecule has 2 aromatic carbocycles. The molecule has 0 radical (unpaired) electrons. The number of aryl methyl sites for hydroxylation is 1. The van der Waals surface area contributed by atoms with E-state index in [9.17, 15) is 0 Å². The van der Waals surface area contributed by atoms with Gasteiger partial charge in [0.2, 0.25) is 0 Å². The molecule has 0 amide bonds. The Morgan fingerprint density at radius 2 is 1.57 bits per heavy atom. The van der Waals surface area contributed by atoms with Gasteiger partial charge in [0.1, 0.15) is 0 Å². The van der Waals surface area contributed by atoms with Crippen molar-refractivity contribution >= 4 is 12.4 Å². The monoisotopic (exact) mass is 301 g/mol. The number of fused-ring (bicyclic) bond motifs is 1. The highest BCUT2D eigenvalue weighted by molar-refractivity contribution is 5.85. The van der Waals surface area contributed by atoms with Gasteiger partial charge in [-0.25, -0.2) is 0 Å². The van der Waals surface area contributed by atoms with Crippen LogP contribution in [0.1, 0.15) is 35.4 Å². The minimum atomic E-state index is 0. The molecule has 0 aromatic heterocycles. The molecule has 1 nitrogen and oxygen atoms in total. The first kappa shape index (κ1) is 16.1. The van der Waals surface area contributed by atoms with Crippen molar-refractivity contribution in [2.75, 3.05) is 14.1 Å². The van der Waals surface area contributed by atoms with Crippen LogP contribution in [0.25, 0.3) is 0 Å². The second-order valence-corrected chi connectivity index (χ2v) is 6.05. The molecular formula is C19H24ClN. The van der Waals surface area contributed by atoms with Crippen molar-refractivity contribution in [2.45, 2.75) is 31.2 Å². The summed E-state index contributed by atoms with van der Waals surface area (Å²) in [6.07, 6.45) is 3.67. The Labute approximate surface area is 134 Å². The van der Waals surface area contributed by atoms with Crippen LogP contribution in [0.2, 0.25) is 0 Å². The van der Waals surface area contributed by atoms with Crippen molar-refractivity contribution < 1.29 is 0 Å². The standard InChI is InChI=1S/C19H23N.ClH/c1-20(2)17-13-12-16-10-6-7-11-18(16)19(14-17)15-8-4-3-5-9-15;/h3-11,17,19H,12-14H2,1-2H3;1H/t17-,19+;/m1./s1. The van der Waals surface area contributed by atoms with E-state index in [1.54, 1.807) is 0 Å². The summed E-state index contributed by atoms with van der Waals surface area (Å²) in [5, 5.41) is 0. The predicted octanol–water partition coefficient (Wildman–Crippen LogP) is 4.51. The quantitative estimate of drug-likeness (QED) is 0.738. The Morgan fingerprint density at radius 1 is 0.905 bits per heavy atom. The number of halogens is 1. The molecule has 1 aliphatic carbocycles. The molecule has 0 heterocycles. The van der Waals surface area contributed by atoms with Crippen LogP contribution in [0.4, 0.5) is 0 Å². The first-order valence-corrected chi connectivity index (χ1v) is 7.55. The fourth-order valence-corrected chi connectivity index (χ4v) is 3.41. The molecule has 0 N–H and O–H groups in total. The fourth-order valence-electron chi connectivity index (χ4n) is 3.41. The minimum absolute atomic E-state index is 0. The third-order valence-corrected chi connectivity index (χ3v) is 4.62. The highest BCUT2D eigenvalue weighted by Crippen LogP contribution is 2.36. The predicted molar refractivity (Wildman–Crippen MR) is 92.4 cm³/mol. The van der Waals surface area contributed by atoms with Crippen LogP contribution in [0, 0.1) is 0 Å². The zero-order chi connectivity index (χ0) is 13.9. The Balaban J connectivity index is 0.00000161. The molecule has 0 aliphatic heterocycles. The molecule has 1 aliphatic rings. The first-order valence-electron chi connectivity index (χ1n) is 7.55. The Hall–Kier alpha value is -1.31. The highest BCUT2D eigenvalue weighted by atomic mass is 35.5. The number of hydrogen-bond donors (Lipinski definition) is 0. The SMILES string of the molecule is CN(C)[C@@H]1CCc2ccccc2[C@H](c2ccccc2)C1.Cl. The van der Waals surface area contributed by atoms with E-state index < -0.39 is 0 Å². The molecule has 21 heavy (non-hydrogen) atoms. The summed E-state index contributed by atoms with van der Waals surface area (Å²) in [6.45, 7) is 0. The molecule has 0 saturated heterocycles. The summed E-state index contributed by atoms with van der Waals surface area (Å²) in [7, 11) is 4.42. The molecule has 0 spiro atoms. The third-order valence-electron chi connectivity index (χ3n) is 4.62. The van der Waals surface area contributed by atoms with Gasteiger partial charge in [-0.2, -0.15) is 0 Å². The molecule has 0 fully saturated rings. The topological polar surface area (TPSA) is 3.24 Å². The summed E-state index contributed by atoms with van der Waals surface area (Å²) in [4.78, 5) is 2.39. The zero-order valence-corrected chi connectivity index (χ0v) is 13.6. The molecular weight excluding hydrogens is 278 g/mol. The average molecular weight is 302 g/mol. The maximum atomic E-state index is 2.39. The summed E-state index contributed by atoms with van der Waals surface area (Å²) >= 11 is 0. The second-order valence-electron chi connectivity index (χ2n) is 6.05. The van der Waals surface area contributed by atoms with Gasteiger partial charge in [-0.05, 0) is 50.0 Å². The van der Waals surface area contributed by atoms with Crippen molar-refractivity contribution in [3.05, 3.63) is 71.3 Å². The summed E-state index contributed by atoms with van der Waals surface area (Å²) in [5.41, 5.74) is 4.52. The third kappa shape index (κ3) is 3.48. The fraction of sp³-hybridized carbons (Fsp3) is 0.368. The van der Waals surface area contributed by atoms with E-state index in [0.717, 1.165) is 0 Å². The molecule has 2 heteroatoms. The molecule has 0 unspecified atom stereocenters. The second kappa shape index (κ2) is 7.11. The van der Waals surface area contributed by atoms with E-state index in [1.165, 1.54) is 36.0 Å². The molecule has 3 rings (SSSR count). The summed E-state index contributed by atoms with van der Waals surface area (Å²) < 4.78 is 0. The number of nitrogens with zero attached hydrogens (tertiary/aromatic N) is 1. The van der Waals surface area contributed by atoms with Crippen LogP contribution in [0.15, 0.2) is 54.6 Å². The first-order chi connectivity index (χ1) is 9.75. The number of hydrogen-bond acceptors (Lipinski definition) is 1. The van der Waals surface area contributed by atoms with Crippen LogP contribution in [-0.4, -0.2) is 25.0 Å². The summed E-state index contributed by atoms with van der Waals surface area (Å²) in [6, 6.07) is 20.6. The van der Waals surface area contributed by atoms with Gasteiger partial charge in [-0.1, -0.05) is 54.6 Å². The van der Waals surface area contributed by atoms with Crippen molar-refractivity contribution in [2.24, 2.45) is 0 Å². The smallest absolute Gasteiger partial charge is 0.0107 e. The van der Waals surface area contributed by atoms with Gasteiger partial charge in [0.25, 0.3) is 0 Å². The Morgan fingerprint density at radius 3 is 2.29 bits per heavy atom. The van der Waals surface area contributed by atoms with Gasteiger partial charge in [0.15, 0.2) is 0 Å². The molecule has 2 aromatic rings. The molecule has 0 saturated carbocycles. The van der Waals surface area contributed by atoms with E-state index in [-0.39, 0.29) is 12.4 Å². The van der Waals surface area contributed by atoms with Crippen molar-refractivity contribution in [1.82, 2.24) is 4.90 Å². The lowest BCUT2D eigenvalue weighted by molar-refractivity contribution is 0.262. The lowest BCUT2D eigenvalue weighted by Crippen LogP contribution is -2.29. The largest absolute Gasteiger partial charge is 0.306 e. The Kier molecular flexibility index (Phi) is 5.44. The van der Waals surface area contributed by atoms with Gasteiger partial charge in [-0.3, -0.25) is 0 Å². The maximum absolute atomic E-state index is 2.39. The lowest BCUT2D eigenvalue weighted by Gasteiger charge is -2.26. The van der Waals surface area contributed by atoms with Crippen LogP contribution in [0.3, 0.4) is 0 Å². The van der Waals surface area contributed by atoms with Gasteiger partial charge in [-0.15, -0.1) is 12.4 Å². The van der Waals surface area contributed by atoms with Crippen LogP contribution < -0.4 is 0 Å². The molecule has 112 valence electrons. The van der Waals surface area contributed by atoms with Crippen molar-refractivity contribution in [1.29, 1.82) is 0 Å². The number of benzene rings is 2. The van der Waals surface area contributed by atoms with Crippen LogP contribution >= 0.6 is 12.4 Å². The van der Waals surface area contributed by atoms with E-state index in [2.05, 4.69) is 73.6 Å². The molecule has 2 atom stereocenters. The average Bonchev–Trinajstić information content (AvgIpc) is 2.68. The minimum Gasteiger partial charge on any atom is -0.306 e. The lowest BCUT2D eigenvalue weighted by atomic mass is 9.85. The van der Waals surface area contributed by atoms with E-state index >= 15 is 0 Å². The maximum Gasteiger partial charge on any atom is 0.0107 e. The van der Waals surface area contributed by atoms with Crippen molar-refractivity contribution in [3.8, 4) is 0 Å². The zero-order valence-electron chi connectivity index (χ0n) is 12.8. The van der Waals surface area contributed by atoms with E-state index in [1.807, 2.05) is 0 Å². The van der Waals surface area contributed by atoms with Crippen molar-refractivity contribution in [3.63, 3.8) is 0 Å². The van der Waals surface area contributed by atoms with Gasteiger partial charge >= 0.3 is 0 Å². The highest BCUT2D eigenvalue weighted by Gasteiger charge is 2.26. The molecule has 0 bridgehead atoms. The van der Waals surface area contributed by atoms with E-state index in [0.29, 0.717) is 12.0 Å². The van der Waals surface area contributed by atoms with E-state index in [4.69, 9.17) is 0 Å². The summed E-state index contributed by atoms with van der Waals surface area (Å²) in [5.74, 6) is 0.530. The van der Waals surface area contributed by atoms with Crippen LogP contribution in [0.5, 0.6) is 0 Å².